The molecule has 0 N–H and O–H groups in total. The summed E-state index contributed by atoms with van der Waals surface area (Å²) in [6, 6.07) is 12.2. The van der Waals surface area contributed by atoms with E-state index in [4.69, 9.17) is 4.42 Å². The molecule has 0 unspecified atom stereocenters. The van der Waals surface area contributed by atoms with Gasteiger partial charge in [-0.25, -0.2) is 0 Å². The minimum absolute atomic E-state index is 0.0820. The highest BCUT2D eigenvalue weighted by molar-refractivity contribution is 7.99. The highest BCUT2D eigenvalue weighted by Gasteiger charge is 2.24. The van der Waals surface area contributed by atoms with Gasteiger partial charge >= 0.3 is 0 Å². The first-order valence-corrected chi connectivity index (χ1v) is 7.53. The van der Waals surface area contributed by atoms with E-state index >= 15 is 0 Å². The van der Waals surface area contributed by atoms with Crippen molar-refractivity contribution in [1.82, 2.24) is 0 Å². The summed E-state index contributed by atoms with van der Waals surface area (Å²) in [5, 5.41) is 2.33. The largest absolute Gasteiger partial charge is 0.463 e. The number of carbonyl (C=O) groups is 1. The van der Waals surface area contributed by atoms with Gasteiger partial charge in [0.15, 0.2) is 11.7 Å². The third kappa shape index (κ3) is 1.76. The van der Waals surface area contributed by atoms with E-state index in [2.05, 4.69) is 12.1 Å². The van der Waals surface area contributed by atoms with Gasteiger partial charge in [0.25, 0.3) is 0 Å². The molecule has 4 heteroatoms. The van der Waals surface area contributed by atoms with E-state index in [9.17, 15) is 9.59 Å². The number of aldehydes is 1. The fraction of sp³-hybridized carbons (Fsp3) is 0.0588. The van der Waals surface area contributed by atoms with Crippen molar-refractivity contribution in [3.05, 3.63) is 64.0 Å². The topological polar surface area (TPSA) is 47.3 Å². The Bertz CT molecular complexity index is 940. The lowest BCUT2D eigenvalue weighted by molar-refractivity contribution is 0.112. The number of benzene rings is 2. The Morgan fingerprint density at radius 1 is 1.14 bits per heavy atom. The first kappa shape index (κ1) is 12.4. The van der Waals surface area contributed by atoms with Gasteiger partial charge in [-0.1, -0.05) is 30.3 Å². The summed E-state index contributed by atoms with van der Waals surface area (Å²) in [5.41, 5.74) is 1.36. The highest BCUT2D eigenvalue weighted by atomic mass is 32.2. The average molecular weight is 294 g/mol. The number of fused-ring (bicyclic) bond motifs is 5. The van der Waals surface area contributed by atoms with Gasteiger partial charge in [0.2, 0.25) is 0 Å². The molecule has 21 heavy (non-hydrogen) atoms. The van der Waals surface area contributed by atoms with E-state index in [1.807, 2.05) is 24.3 Å². The molecule has 0 radical (unpaired) electrons. The minimum Gasteiger partial charge on any atom is -0.463 e. The van der Waals surface area contributed by atoms with Crippen LogP contribution in [-0.4, -0.2) is 6.29 Å². The van der Waals surface area contributed by atoms with E-state index in [1.165, 1.54) is 11.6 Å². The molecule has 1 aromatic heterocycles. The SMILES string of the molecule is O=Cc1coc2c(c1=O)CSc1c-2ccc2ccccc12. The quantitative estimate of drug-likeness (QED) is 0.639. The van der Waals surface area contributed by atoms with Gasteiger partial charge in [-0.05, 0) is 16.8 Å². The molecule has 2 heterocycles. The maximum absolute atomic E-state index is 12.2. The van der Waals surface area contributed by atoms with Crippen molar-refractivity contribution in [3.63, 3.8) is 0 Å². The van der Waals surface area contributed by atoms with E-state index < -0.39 is 0 Å². The second kappa shape index (κ2) is 4.60. The number of thioether (sulfide) groups is 1. The van der Waals surface area contributed by atoms with Gasteiger partial charge in [-0.2, -0.15) is 0 Å². The van der Waals surface area contributed by atoms with Gasteiger partial charge in [-0.3, -0.25) is 9.59 Å². The smallest absolute Gasteiger partial charge is 0.200 e. The summed E-state index contributed by atoms with van der Waals surface area (Å²) < 4.78 is 5.58. The molecule has 3 aromatic rings. The lowest BCUT2D eigenvalue weighted by Gasteiger charge is -2.19. The van der Waals surface area contributed by atoms with Crippen molar-refractivity contribution in [1.29, 1.82) is 0 Å². The molecule has 102 valence electrons. The summed E-state index contributed by atoms with van der Waals surface area (Å²) in [5.74, 6) is 1.12. The third-order valence-corrected chi connectivity index (χ3v) is 4.89. The van der Waals surface area contributed by atoms with Crippen molar-refractivity contribution < 1.29 is 9.21 Å². The minimum atomic E-state index is -0.224. The molecule has 3 nitrogen and oxygen atoms in total. The Balaban J connectivity index is 2.06. The molecular formula is C17H10O3S. The summed E-state index contributed by atoms with van der Waals surface area (Å²) >= 11 is 1.62. The molecule has 4 rings (SSSR count). The number of hydrogen-bond acceptors (Lipinski definition) is 4. The van der Waals surface area contributed by atoms with Gasteiger partial charge in [0, 0.05) is 16.2 Å². The number of rotatable bonds is 1. The molecule has 0 saturated heterocycles. The zero-order valence-corrected chi connectivity index (χ0v) is 11.8. The molecule has 0 atom stereocenters. The number of carbonyl (C=O) groups excluding carboxylic acids is 1. The zero-order chi connectivity index (χ0) is 14.4. The summed E-state index contributed by atoms with van der Waals surface area (Å²) in [7, 11) is 0. The molecule has 1 aliphatic heterocycles. The standard InChI is InChI=1S/C17H10O3S/c18-7-11-8-20-16-13-6-5-10-3-1-2-4-12(10)17(13)21-9-14(16)15(11)19/h1-8H,9H2. The average Bonchev–Trinajstić information content (AvgIpc) is 2.54. The van der Waals surface area contributed by atoms with E-state index in [-0.39, 0.29) is 11.0 Å². The molecular weight excluding hydrogens is 284 g/mol. The molecule has 0 amide bonds. The fourth-order valence-electron chi connectivity index (χ4n) is 2.68. The van der Waals surface area contributed by atoms with Crippen molar-refractivity contribution in [2.45, 2.75) is 10.6 Å². The lowest BCUT2D eigenvalue weighted by atomic mass is 10.0. The number of hydrogen-bond donors (Lipinski definition) is 0. The Kier molecular flexibility index (Phi) is 2.72. The zero-order valence-electron chi connectivity index (χ0n) is 11.0. The van der Waals surface area contributed by atoms with Crippen LogP contribution in [0.25, 0.3) is 22.1 Å². The fourth-order valence-corrected chi connectivity index (χ4v) is 3.89. The van der Waals surface area contributed by atoms with Gasteiger partial charge in [-0.15, -0.1) is 11.8 Å². The van der Waals surface area contributed by atoms with E-state index in [0.717, 1.165) is 15.8 Å². The van der Waals surface area contributed by atoms with Crippen molar-refractivity contribution >= 4 is 28.8 Å². The molecule has 1 aliphatic rings. The Hall–Kier alpha value is -2.33. The van der Waals surface area contributed by atoms with Crippen molar-refractivity contribution in [3.8, 4) is 11.3 Å². The van der Waals surface area contributed by atoms with Gasteiger partial charge < -0.3 is 4.42 Å². The van der Waals surface area contributed by atoms with Crippen molar-refractivity contribution in [2.75, 3.05) is 0 Å². The van der Waals surface area contributed by atoms with E-state index in [0.29, 0.717) is 23.4 Å². The molecule has 2 aromatic carbocycles. The van der Waals surface area contributed by atoms with Crippen molar-refractivity contribution in [2.24, 2.45) is 0 Å². The van der Waals surface area contributed by atoms with Crippen LogP contribution in [-0.2, 0) is 5.75 Å². The first-order chi connectivity index (χ1) is 10.3. The van der Waals surface area contributed by atoms with Crippen LogP contribution in [0.4, 0.5) is 0 Å². The predicted molar refractivity (Wildman–Crippen MR) is 82.9 cm³/mol. The second-order valence-corrected chi connectivity index (χ2v) is 5.88. The van der Waals surface area contributed by atoms with Crippen LogP contribution in [0.2, 0.25) is 0 Å². The normalized spacial score (nSPS) is 12.8. The predicted octanol–water partition coefficient (Wildman–Crippen LogP) is 3.88. The van der Waals surface area contributed by atoms with Crippen LogP contribution in [0.3, 0.4) is 0 Å². The van der Waals surface area contributed by atoms with Crippen LogP contribution in [0, 0.1) is 0 Å². The van der Waals surface area contributed by atoms with Gasteiger partial charge in [0.05, 0.1) is 11.1 Å². The molecule has 0 aliphatic carbocycles. The van der Waals surface area contributed by atoms with Gasteiger partial charge in [0.1, 0.15) is 12.0 Å². The highest BCUT2D eigenvalue weighted by Crippen LogP contribution is 2.44. The van der Waals surface area contributed by atoms with Crippen LogP contribution in [0.5, 0.6) is 0 Å². The van der Waals surface area contributed by atoms with Crippen LogP contribution < -0.4 is 5.43 Å². The second-order valence-electron chi connectivity index (χ2n) is 4.90. The van der Waals surface area contributed by atoms with E-state index in [1.54, 1.807) is 11.8 Å². The third-order valence-electron chi connectivity index (χ3n) is 3.73. The molecule has 0 spiro atoms. The van der Waals surface area contributed by atoms with Crippen LogP contribution >= 0.6 is 11.8 Å². The maximum Gasteiger partial charge on any atom is 0.200 e. The van der Waals surface area contributed by atoms with Crippen LogP contribution in [0.15, 0.2) is 56.8 Å². The summed E-state index contributed by atoms with van der Waals surface area (Å²) in [4.78, 5) is 24.2. The summed E-state index contributed by atoms with van der Waals surface area (Å²) in [6.45, 7) is 0. The molecule has 0 fully saturated rings. The Morgan fingerprint density at radius 2 is 2.00 bits per heavy atom. The monoisotopic (exact) mass is 294 g/mol. The lowest BCUT2D eigenvalue weighted by Crippen LogP contribution is -2.16. The Labute approximate surface area is 124 Å². The first-order valence-electron chi connectivity index (χ1n) is 6.54. The molecule has 0 bridgehead atoms. The van der Waals surface area contributed by atoms with Crippen LogP contribution in [0.1, 0.15) is 15.9 Å². The molecule has 0 saturated carbocycles. The summed E-state index contributed by atoms with van der Waals surface area (Å²) in [6.07, 6.45) is 1.80. The Morgan fingerprint density at radius 3 is 2.86 bits per heavy atom. The maximum atomic E-state index is 12.2.